The van der Waals surface area contributed by atoms with Crippen LogP contribution in [0.3, 0.4) is 0 Å². The first-order valence-corrected chi connectivity index (χ1v) is 8.68. The Bertz CT molecular complexity index is 1290. The van der Waals surface area contributed by atoms with E-state index < -0.39 is 11.6 Å². The summed E-state index contributed by atoms with van der Waals surface area (Å²) in [7, 11) is 0. The van der Waals surface area contributed by atoms with Crippen LogP contribution in [0.2, 0.25) is 0 Å². The van der Waals surface area contributed by atoms with Gasteiger partial charge in [0, 0.05) is 16.6 Å². The molecular formula is C20H17N5O3. The molecule has 8 nitrogen and oxygen atoms in total. The number of carbonyl (C=O) groups is 2. The normalized spacial score (nSPS) is 11.1. The zero-order valence-electron chi connectivity index (χ0n) is 15.3. The van der Waals surface area contributed by atoms with Gasteiger partial charge in [0.2, 0.25) is 5.91 Å². The fourth-order valence-corrected chi connectivity index (χ4v) is 3.00. The maximum Gasteiger partial charge on any atom is 0.352 e. The van der Waals surface area contributed by atoms with Gasteiger partial charge in [0.05, 0.1) is 5.52 Å². The van der Waals surface area contributed by atoms with Gasteiger partial charge >= 0.3 is 5.69 Å². The second-order valence-electron chi connectivity index (χ2n) is 6.58. The number of nitrogens with one attached hydrogen (secondary N) is 1. The van der Waals surface area contributed by atoms with E-state index in [0.29, 0.717) is 16.9 Å². The third-order valence-electron chi connectivity index (χ3n) is 4.44. The molecule has 2 aromatic carbocycles. The topological polar surface area (TPSA) is 98.4 Å². The molecule has 0 radical (unpaired) electrons. The first-order chi connectivity index (χ1) is 13.4. The molecule has 0 aliphatic rings. The van der Waals surface area contributed by atoms with Crippen LogP contribution >= 0.6 is 0 Å². The van der Waals surface area contributed by atoms with Gasteiger partial charge in [-0.25, -0.2) is 18.9 Å². The Kier molecular flexibility index (Phi) is 4.23. The molecule has 1 amide bonds. The SMILES string of the molecule is CC(=O)c1ccc(NC(=O)Cn2nc3c4cc(C)ccc4ncn3c2=O)cc1. The standard InChI is InChI=1S/C20H17N5O3/c1-12-3-8-17-16(9-12)19-23-25(20(28)24(19)11-21-17)10-18(27)22-15-6-4-14(5-7-15)13(2)26/h3-9,11H,10H2,1-2H3,(H,22,27). The number of amides is 1. The van der Waals surface area contributed by atoms with Crippen molar-refractivity contribution in [2.45, 2.75) is 20.4 Å². The Morgan fingerprint density at radius 3 is 2.57 bits per heavy atom. The average Bonchev–Trinajstić information content (AvgIpc) is 2.98. The summed E-state index contributed by atoms with van der Waals surface area (Å²) in [5, 5.41) is 7.77. The van der Waals surface area contributed by atoms with Crippen molar-refractivity contribution < 1.29 is 9.59 Å². The van der Waals surface area contributed by atoms with Crippen LogP contribution in [0, 0.1) is 6.92 Å². The minimum atomic E-state index is -0.437. The van der Waals surface area contributed by atoms with Crippen molar-refractivity contribution in [3.8, 4) is 0 Å². The van der Waals surface area contributed by atoms with Crippen molar-refractivity contribution in [1.82, 2.24) is 19.2 Å². The third kappa shape index (κ3) is 3.16. The van der Waals surface area contributed by atoms with E-state index in [1.807, 2.05) is 25.1 Å². The number of fused-ring (bicyclic) bond motifs is 3. The van der Waals surface area contributed by atoms with E-state index in [1.54, 1.807) is 24.3 Å². The molecule has 0 saturated heterocycles. The summed E-state index contributed by atoms with van der Waals surface area (Å²) in [6.07, 6.45) is 1.41. The fraction of sp³-hybridized carbons (Fsp3) is 0.150. The molecule has 2 aromatic heterocycles. The van der Waals surface area contributed by atoms with Gasteiger partial charge < -0.3 is 5.32 Å². The Balaban J connectivity index is 1.62. The highest BCUT2D eigenvalue weighted by Gasteiger charge is 2.14. The molecule has 0 atom stereocenters. The molecule has 8 heteroatoms. The molecule has 0 fully saturated rings. The van der Waals surface area contributed by atoms with Crippen molar-refractivity contribution in [3.05, 3.63) is 70.4 Å². The van der Waals surface area contributed by atoms with E-state index in [9.17, 15) is 14.4 Å². The summed E-state index contributed by atoms with van der Waals surface area (Å²) < 4.78 is 2.44. The number of hydrogen-bond acceptors (Lipinski definition) is 5. The maximum absolute atomic E-state index is 12.6. The van der Waals surface area contributed by atoms with Gasteiger partial charge in [-0.1, -0.05) is 11.6 Å². The summed E-state index contributed by atoms with van der Waals surface area (Å²) >= 11 is 0. The molecule has 4 rings (SSSR count). The molecule has 28 heavy (non-hydrogen) atoms. The number of nitrogens with zero attached hydrogens (tertiary/aromatic N) is 4. The fourth-order valence-electron chi connectivity index (χ4n) is 3.00. The maximum atomic E-state index is 12.6. The lowest BCUT2D eigenvalue weighted by Gasteiger charge is -2.05. The lowest BCUT2D eigenvalue weighted by Crippen LogP contribution is -2.28. The number of benzene rings is 2. The van der Waals surface area contributed by atoms with Crippen LogP contribution in [0.4, 0.5) is 5.69 Å². The number of ketones is 1. The van der Waals surface area contributed by atoms with Crippen molar-refractivity contribution >= 4 is 33.9 Å². The first kappa shape index (κ1) is 17.6. The molecule has 0 saturated carbocycles. The number of aromatic nitrogens is 4. The van der Waals surface area contributed by atoms with E-state index in [1.165, 1.54) is 17.7 Å². The van der Waals surface area contributed by atoms with E-state index in [2.05, 4.69) is 15.4 Å². The minimum absolute atomic E-state index is 0.0507. The average molecular weight is 375 g/mol. The summed E-state index contributed by atoms with van der Waals surface area (Å²) in [6, 6.07) is 12.3. The largest absolute Gasteiger partial charge is 0.352 e. The zero-order chi connectivity index (χ0) is 19.8. The summed E-state index contributed by atoms with van der Waals surface area (Å²) in [4.78, 5) is 40.5. The quantitative estimate of drug-likeness (QED) is 0.551. The van der Waals surface area contributed by atoms with Crippen LogP contribution < -0.4 is 11.0 Å². The highest BCUT2D eigenvalue weighted by atomic mass is 16.2. The Hall–Kier alpha value is -3.81. The predicted octanol–water partition coefficient (Wildman–Crippen LogP) is 2.19. The Morgan fingerprint density at radius 2 is 1.86 bits per heavy atom. The lowest BCUT2D eigenvalue weighted by atomic mass is 10.1. The second-order valence-corrected chi connectivity index (χ2v) is 6.58. The van der Waals surface area contributed by atoms with Gasteiger partial charge in [-0.05, 0) is 50.2 Å². The van der Waals surface area contributed by atoms with Gasteiger partial charge in [-0.2, -0.15) is 0 Å². The number of anilines is 1. The Labute approximate surface area is 159 Å². The van der Waals surface area contributed by atoms with Crippen molar-refractivity contribution in [2.24, 2.45) is 0 Å². The number of hydrogen-bond donors (Lipinski definition) is 1. The zero-order valence-corrected chi connectivity index (χ0v) is 15.3. The number of aryl methyl sites for hydroxylation is 1. The van der Waals surface area contributed by atoms with Crippen molar-refractivity contribution in [1.29, 1.82) is 0 Å². The summed E-state index contributed by atoms with van der Waals surface area (Å²) in [5.41, 5.74) is 2.87. The van der Waals surface area contributed by atoms with E-state index in [-0.39, 0.29) is 12.3 Å². The van der Waals surface area contributed by atoms with Gasteiger partial charge in [0.15, 0.2) is 11.4 Å². The second kappa shape index (κ2) is 6.73. The molecule has 140 valence electrons. The monoisotopic (exact) mass is 375 g/mol. The molecular weight excluding hydrogens is 358 g/mol. The van der Waals surface area contributed by atoms with Crippen LogP contribution in [-0.2, 0) is 11.3 Å². The minimum Gasteiger partial charge on any atom is -0.324 e. The van der Waals surface area contributed by atoms with Crippen molar-refractivity contribution in [3.63, 3.8) is 0 Å². The molecule has 0 aliphatic carbocycles. The van der Waals surface area contributed by atoms with Crippen LogP contribution in [0.5, 0.6) is 0 Å². The molecule has 1 N–H and O–H groups in total. The predicted molar refractivity (Wildman–Crippen MR) is 105 cm³/mol. The molecule has 0 spiro atoms. The van der Waals surface area contributed by atoms with E-state index in [4.69, 9.17) is 0 Å². The number of Topliss-reactive ketones (excluding diaryl/α,β-unsaturated/α-hetero) is 1. The highest BCUT2D eigenvalue weighted by molar-refractivity contribution is 5.95. The smallest absolute Gasteiger partial charge is 0.324 e. The van der Waals surface area contributed by atoms with Crippen LogP contribution in [0.25, 0.3) is 16.6 Å². The van der Waals surface area contributed by atoms with Gasteiger partial charge in [-0.3, -0.25) is 9.59 Å². The number of rotatable bonds is 4. The van der Waals surface area contributed by atoms with Gasteiger partial charge in [0.1, 0.15) is 12.9 Å². The van der Waals surface area contributed by atoms with Crippen LogP contribution in [0.15, 0.2) is 53.6 Å². The van der Waals surface area contributed by atoms with E-state index in [0.717, 1.165) is 21.1 Å². The molecule has 2 heterocycles. The van der Waals surface area contributed by atoms with E-state index >= 15 is 0 Å². The van der Waals surface area contributed by atoms with Gasteiger partial charge in [-0.15, -0.1) is 5.10 Å². The Morgan fingerprint density at radius 1 is 1.11 bits per heavy atom. The lowest BCUT2D eigenvalue weighted by molar-refractivity contribution is -0.117. The van der Waals surface area contributed by atoms with Crippen LogP contribution in [0.1, 0.15) is 22.8 Å². The first-order valence-electron chi connectivity index (χ1n) is 8.68. The highest BCUT2D eigenvalue weighted by Crippen LogP contribution is 2.17. The third-order valence-corrected chi connectivity index (χ3v) is 4.44. The molecule has 4 aromatic rings. The van der Waals surface area contributed by atoms with Crippen LogP contribution in [-0.4, -0.2) is 30.9 Å². The summed E-state index contributed by atoms with van der Waals surface area (Å²) in [5.74, 6) is -0.445. The van der Waals surface area contributed by atoms with Crippen molar-refractivity contribution in [2.75, 3.05) is 5.32 Å². The molecule has 0 bridgehead atoms. The summed E-state index contributed by atoms with van der Waals surface area (Å²) in [6.45, 7) is 3.19. The molecule has 0 unspecified atom stereocenters. The molecule has 0 aliphatic heterocycles. The number of carbonyl (C=O) groups excluding carboxylic acids is 2. The van der Waals surface area contributed by atoms with Gasteiger partial charge in [0.25, 0.3) is 0 Å².